The maximum Gasteiger partial charge on any atom is 0.266 e. The zero-order chi connectivity index (χ0) is 19.4. The van der Waals surface area contributed by atoms with Crippen LogP contribution in [0.15, 0.2) is 58.4 Å². The predicted octanol–water partition coefficient (Wildman–Crippen LogP) is 3.44. The lowest BCUT2D eigenvalue weighted by atomic mass is 10.2. The van der Waals surface area contributed by atoms with E-state index in [0.717, 1.165) is 0 Å². The van der Waals surface area contributed by atoms with Gasteiger partial charge >= 0.3 is 0 Å². The average Bonchev–Trinajstić information content (AvgIpc) is 2.91. The smallest absolute Gasteiger partial charge is 0.266 e. The highest BCUT2D eigenvalue weighted by Crippen LogP contribution is 2.34. The Morgan fingerprint density at radius 3 is 2.67 bits per heavy atom. The van der Waals surface area contributed by atoms with Crippen LogP contribution in [-0.4, -0.2) is 35.5 Å². The predicted molar refractivity (Wildman–Crippen MR) is 108 cm³/mol. The zero-order valence-electron chi connectivity index (χ0n) is 14.4. The van der Waals surface area contributed by atoms with E-state index in [1.165, 1.54) is 16.7 Å². The van der Waals surface area contributed by atoms with Crippen LogP contribution in [0.1, 0.15) is 5.56 Å². The van der Waals surface area contributed by atoms with Crippen molar-refractivity contribution in [1.29, 1.82) is 0 Å². The van der Waals surface area contributed by atoms with Crippen LogP contribution in [0.5, 0.6) is 5.75 Å². The Kier molecular flexibility index (Phi) is 5.83. The Morgan fingerprint density at radius 2 is 1.96 bits per heavy atom. The molecule has 8 heteroatoms. The third kappa shape index (κ3) is 4.69. The highest BCUT2D eigenvalue weighted by molar-refractivity contribution is 8.18. The fourth-order valence-electron chi connectivity index (χ4n) is 2.30. The van der Waals surface area contributed by atoms with Crippen molar-refractivity contribution in [2.75, 3.05) is 13.7 Å². The van der Waals surface area contributed by atoms with Gasteiger partial charge in [0.15, 0.2) is 11.8 Å². The summed E-state index contributed by atoms with van der Waals surface area (Å²) in [6, 6.07) is 14.2. The summed E-state index contributed by atoms with van der Waals surface area (Å²) >= 11 is 7.15. The molecule has 27 heavy (non-hydrogen) atoms. The molecule has 3 rings (SSSR count). The van der Waals surface area contributed by atoms with Gasteiger partial charge in [-0.05, 0) is 48.2 Å². The number of likely N-dealkylation sites (N-methyl/N-ethyl adjacent to an activating group) is 1. The van der Waals surface area contributed by atoms with Gasteiger partial charge in [-0.3, -0.25) is 14.5 Å². The first-order chi connectivity index (χ1) is 12.9. The summed E-state index contributed by atoms with van der Waals surface area (Å²) in [5.74, 6) is -0.263. The number of nitrogens with two attached hydrogens (primary N) is 1. The number of hydrogen-bond donors (Lipinski definition) is 1. The van der Waals surface area contributed by atoms with Crippen molar-refractivity contribution in [1.82, 2.24) is 4.90 Å². The maximum atomic E-state index is 12.6. The topological polar surface area (TPSA) is 85.0 Å². The number of amidine groups is 1. The number of para-hydroxylation sites is 1. The molecule has 0 saturated carbocycles. The Hall–Kier alpha value is -2.77. The second kappa shape index (κ2) is 8.28. The lowest BCUT2D eigenvalue weighted by Gasteiger charge is -2.08. The molecule has 0 unspecified atom stereocenters. The number of aliphatic imine (C=N–C) groups is 1. The first-order valence-electron chi connectivity index (χ1n) is 7.96. The van der Waals surface area contributed by atoms with Crippen molar-refractivity contribution in [3.63, 3.8) is 0 Å². The van der Waals surface area contributed by atoms with Gasteiger partial charge < -0.3 is 10.5 Å². The fraction of sp³-hybridized carbons (Fsp3) is 0.105. The molecule has 2 aromatic rings. The summed E-state index contributed by atoms with van der Waals surface area (Å²) < 4.78 is 5.41. The summed E-state index contributed by atoms with van der Waals surface area (Å²) in [5, 5.41) is 1.18. The van der Waals surface area contributed by atoms with Crippen LogP contribution < -0.4 is 10.5 Å². The highest BCUT2D eigenvalue weighted by atomic mass is 35.5. The SMILES string of the molecule is CN1C(=O)/C(=C\c2ccccc2OCC(N)=O)SC1=Nc1ccc(Cl)cc1. The normalized spacial score (nSPS) is 17.0. The molecule has 1 aliphatic heterocycles. The molecular weight excluding hydrogens is 386 g/mol. The first-order valence-corrected chi connectivity index (χ1v) is 9.15. The van der Waals surface area contributed by atoms with Crippen molar-refractivity contribution in [2.24, 2.45) is 10.7 Å². The van der Waals surface area contributed by atoms with Gasteiger partial charge in [0, 0.05) is 17.6 Å². The molecule has 1 fully saturated rings. The zero-order valence-corrected chi connectivity index (χ0v) is 16.0. The van der Waals surface area contributed by atoms with Gasteiger partial charge in [-0.1, -0.05) is 29.8 Å². The highest BCUT2D eigenvalue weighted by Gasteiger charge is 2.30. The number of halogens is 1. The Morgan fingerprint density at radius 1 is 1.26 bits per heavy atom. The molecule has 0 aliphatic carbocycles. The summed E-state index contributed by atoms with van der Waals surface area (Å²) in [7, 11) is 1.67. The van der Waals surface area contributed by atoms with Crippen molar-refractivity contribution >= 4 is 52.1 Å². The van der Waals surface area contributed by atoms with Gasteiger partial charge in [0.2, 0.25) is 0 Å². The van der Waals surface area contributed by atoms with Crippen molar-refractivity contribution < 1.29 is 14.3 Å². The van der Waals surface area contributed by atoms with E-state index in [0.29, 0.717) is 32.1 Å². The number of thioether (sulfide) groups is 1. The maximum absolute atomic E-state index is 12.6. The summed E-state index contributed by atoms with van der Waals surface area (Å²) in [4.78, 5) is 30.0. The van der Waals surface area contributed by atoms with Gasteiger partial charge in [-0.15, -0.1) is 0 Å². The minimum Gasteiger partial charge on any atom is -0.483 e. The molecule has 0 aromatic heterocycles. The third-order valence-corrected chi connectivity index (χ3v) is 4.94. The van der Waals surface area contributed by atoms with Crippen LogP contribution in [0.3, 0.4) is 0 Å². The Balaban J connectivity index is 1.87. The van der Waals surface area contributed by atoms with Crippen LogP contribution >= 0.6 is 23.4 Å². The van der Waals surface area contributed by atoms with E-state index < -0.39 is 5.91 Å². The molecule has 0 radical (unpaired) electrons. The summed E-state index contributed by atoms with van der Waals surface area (Å²) in [5.41, 5.74) is 6.51. The molecule has 6 nitrogen and oxygen atoms in total. The van der Waals surface area contributed by atoms with Crippen LogP contribution in [0, 0.1) is 0 Å². The van der Waals surface area contributed by atoms with Gasteiger partial charge in [0.05, 0.1) is 10.6 Å². The minimum absolute atomic E-state index is 0.169. The van der Waals surface area contributed by atoms with E-state index in [1.54, 1.807) is 55.6 Å². The number of hydrogen-bond acceptors (Lipinski definition) is 5. The van der Waals surface area contributed by atoms with E-state index >= 15 is 0 Å². The molecule has 2 amide bonds. The number of ether oxygens (including phenoxy) is 1. The number of primary amides is 1. The molecule has 0 spiro atoms. The monoisotopic (exact) mass is 401 g/mol. The first kappa shape index (κ1) is 19.0. The molecule has 0 bridgehead atoms. The van der Waals surface area contributed by atoms with E-state index in [-0.39, 0.29) is 12.5 Å². The van der Waals surface area contributed by atoms with Crippen molar-refractivity contribution in [3.05, 3.63) is 64.0 Å². The second-order valence-corrected chi connectivity index (χ2v) is 7.08. The molecule has 0 atom stereocenters. The van der Waals surface area contributed by atoms with Crippen LogP contribution in [0.25, 0.3) is 6.08 Å². The second-order valence-electron chi connectivity index (χ2n) is 5.64. The molecule has 138 valence electrons. The molecule has 2 aromatic carbocycles. The van der Waals surface area contributed by atoms with Crippen molar-refractivity contribution in [2.45, 2.75) is 0 Å². The van der Waals surface area contributed by atoms with E-state index in [2.05, 4.69) is 4.99 Å². The van der Waals surface area contributed by atoms with Crippen LogP contribution in [-0.2, 0) is 9.59 Å². The molecule has 1 heterocycles. The number of carbonyl (C=O) groups excluding carboxylic acids is 2. The van der Waals surface area contributed by atoms with E-state index in [9.17, 15) is 9.59 Å². The molecule has 1 saturated heterocycles. The number of amides is 2. The number of nitrogens with zero attached hydrogens (tertiary/aromatic N) is 2. The van der Waals surface area contributed by atoms with Crippen molar-refractivity contribution in [3.8, 4) is 5.75 Å². The lowest BCUT2D eigenvalue weighted by molar-refractivity contribution is -0.121. The van der Waals surface area contributed by atoms with Gasteiger partial charge in [-0.25, -0.2) is 4.99 Å². The van der Waals surface area contributed by atoms with E-state index in [1.807, 2.05) is 6.07 Å². The Bertz CT molecular complexity index is 941. The largest absolute Gasteiger partial charge is 0.483 e. The standard InChI is InChI=1S/C19H16ClN3O3S/c1-23-18(25)16(27-19(23)22-14-8-6-13(20)7-9-14)10-12-4-2-3-5-15(12)26-11-17(21)24/h2-10H,11H2,1H3,(H2,21,24)/b16-10+,22-19?. The van der Waals surface area contributed by atoms with Gasteiger partial charge in [-0.2, -0.15) is 0 Å². The average molecular weight is 402 g/mol. The summed E-state index contributed by atoms with van der Waals surface area (Å²) in [6.07, 6.45) is 1.71. The molecular formula is C19H16ClN3O3S. The minimum atomic E-state index is -0.569. The fourth-order valence-corrected chi connectivity index (χ4v) is 3.40. The lowest BCUT2D eigenvalue weighted by Crippen LogP contribution is -2.23. The number of rotatable bonds is 5. The van der Waals surface area contributed by atoms with Gasteiger partial charge in [0.25, 0.3) is 11.8 Å². The van der Waals surface area contributed by atoms with Crippen LogP contribution in [0.4, 0.5) is 5.69 Å². The number of benzene rings is 2. The number of carbonyl (C=O) groups is 2. The van der Waals surface area contributed by atoms with E-state index in [4.69, 9.17) is 22.1 Å². The van der Waals surface area contributed by atoms with Crippen LogP contribution in [0.2, 0.25) is 5.02 Å². The molecule has 1 aliphatic rings. The van der Waals surface area contributed by atoms with Gasteiger partial charge in [0.1, 0.15) is 5.75 Å². The quantitative estimate of drug-likeness (QED) is 0.777. The Labute approximate surface area is 165 Å². The third-order valence-electron chi connectivity index (χ3n) is 3.63. The molecule has 2 N–H and O–H groups in total. The summed E-state index contributed by atoms with van der Waals surface area (Å²) in [6.45, 7) is -0.232.